The summed E-state index contributed by atoms with van der Waals surface area (Å²) in [6.07, 6.45) is -1.05. The average Bonchev–Trinajstić information content (AvgIpc) is 2.67. The van der Waals surface area contributed by atoms with Gasteiger partial charge < -0.3 is 14.8 Å². The van der Waals surface area contributed by atoms with Crippen molar-refractivity contribution in [2.24, 2.45) is 0 Å². The van der Waals surface area contributed by atoms with Crippen LogP contribution in [-0.2, 0) is 36.5 Å². The fourth-order valence-electron chi connectivity index (χ4n) is 2.75. The number of pyridine rings is 1. The molecule has 0 spiro atoms. The number of nitrogens with one attached hydrogen (secondary N) is 1. The Kier molecular flexibility index (Phi) is 9.51. The van der Waals surface area contributed by atoms with Gasteiger partial charge in [-0.1, -0.05) is 53.5 Å². The number of aromatic nitrogens is 1. The third-order valence-electron chi connectivity index (χ3n) is 4.13. The summed E-state index contributed by atoms with van der Waals surface area (Å²) in [7, 11) is -3.56. The highest BCUT2D eigenvalue weighted by Gasteiger charge is 2.27. The molecule has 1 heterocycles. The third-order valence-corrected chi connectivity index (χ3v) is 6.14. The molecule has 11 heteroatoms. The number of benzene rings is 1. The molecule has 8 nitrogen and oxygen atoms in total. The topological polar surface area (TPSA) is 112 Å². The van der Waals surface area contributed by atoms with Crippen LogP contribution in [0.3, 0.4) is 0 Å². The lowest BCUT2D eigenvalue weighted by atomic mass is 10.2. The Balaban J connectivity index is 2.07. The Hall–Kier alpha value is -2.36. The summed E-state index contributed by atoms with van der Waals surface area (Å²) in [6.45, 7) is 4.81. The molecule has 0 radical (unpaired) electrons. The van der Waals surface area contributed by atoms with E-state index in [4.69, 9.17) is 32.7 Å². The first-order chi connectivity index (χ1) is 15.3. The standard InChI is InChI=1S/C22H26Cl2N2O6S/c1-22(2,3)32-21(28)25-17(9-10-33(29,30)14-15-7-5-4-6-8-15)20(27)31-13-16-11-18(23)26-19(24)12-16/h4-8,11-12,17H,9-10,13-14H2,1-3H3,(H,25,28)/t17-/m0/s1. The second-order valence-corrected chi connectivity index (χ2v) is 11.3. The first-order valence-corrected chi connectivity index (χ1v) is 12.6. The Morgan fingerprint density at radius 3 is 2.24 bits per heavy atom. The molecule has 2 rings (SSSR count). The van der Waals surface area contributed by atoms with Crippen LogP contribution in [0.4, 0.5) is 4.79 Å². The van der Waals surface area contributed by atoms with Gasteiger partial charge in [-0.15, -0.1) is 0 Å². The molecule has 0 aliphatic heterocycles. The molecule has 0 bridgehead atoms. The fraction of sp³-hybridized carbons (Fsp3) is 0.409. The lowest BCUT2D eigenvalue weighted by Gasteiger charge is -2.23. The fourth-order valence-corrected chi connectivity index (χ4v) is 4.69. The maximum Gasteiger partial charge on any atom is 0.408 e. The number of sulfone groups is 1. The van der Waals surface area contributed by atoms with Crippen LogP contribution >= 0.6 is 23.2 Å². The van der Waals surface area contributed by atoms with E-state index in [-0.39, 0.29) is 34.8 Å². The molecular formula is C22H26Cl2N2O6S. The molecule has 0 unspecified atom stereocenters. The maximum atomic E-state index is 12.7. The Bertz CT molecular complexity index is 1050. The number of hydrogen-bond acceptors (Lipinski definition) is 7. The predicted molar refractivity (Wildman–Crippen MR) is 126 cm³/mol. The van der Waals surface area contributed by atoms with Crippen molar-refractivity contribution in [2.45, 2.75) is 51.2 Å². The number of rotatable bonds is 9. The largest absolute Gasteiger partial charge is 0.459 e. The molecule has 1 amide bonds. The summed E-state index contributed by atoms with van der Waals surface area (Å²) in [4.78, 5) is 28.7. The summed E-state index contributed by atoms with van der Waals surface area (Å²) in [5.74, 6) is -1.35. The molecule has 0 aliphatic rings. The van der Waals surface area contributed by atoms with E-state index in [0.29, 0.717) is 11.1 Å². The van der Waals surface area contributed by atoms with E-state index in [1.807, 2.05) is 0 Å². The normalized spacial score (nSPS) is 12.6. The van der Waals surface area contributed by atoms with E-state index in [2.05, 4.69) is 10.3 Å². The van der Waals surface area contributed by atoms with Crippen molar-refractivity contribution in [1.82, 2.24) is 10.3 Å². The molecule has 1 N–H and O–H groups in total. The highest BCUT2D eigenvalue weighted by atomic mass is 35.5. The number of esters is 1. The average molecular weight is 517 g/mol. The van der Waals surface area contributed by atoms with Gasteiger partial charge in [0.15, 0.2) is 9.84 Å². The lowest BCUT2D eigenvalue weighted by Crippen LogP contribution is -2.45. The highest BCUT2D eigenvalue weighted by molar-refractivity contribution is 7.90. The summed E-state index contributed by atoms with van der Waals surface area (Å²) in [6, 6.07) is 10.4. The van der Waals surface area contributed by atoms with Crippen LogP contribution in [0.15, 0.2) is 42.5 Å². The van der Waals surface area contributed by atoms with Crippen LogP contribution in [0, 0.1) is 0 Å². The van der Waals surface area contributed by atoms with Crippen molar-refractivity contribution in [3.63, 3.8) is 0 Å². The predicted octanol–water partition coefficient (Wildman–Crippen LogP) is 4.33. The minimum absolute atomic E-state index is 0.129. The van der Waals surface area contributed by atoms with Gasteiger partial charge in [-0.3, -0.25) is 0 Å². The molecule has 0 saturated carbocycles. The highest BCUT2D eigenvalue weighted by Crippen LogP contribution is 2.16. The Labute approximate surface area is 203 Å². The number of amides is 1. The van der Waals surface area contributed by atoms with Crippen LogP contribution in [0.2, 0.25) is 10.3 Å². The molecule has 0 saturated heterocycles. The molecule has 1 atom stereocenters. The summed E-state index contributed by atoms with van der Waals surface area (Å²) in [5, 5.41) is 2.66. The number of alkyl carbamates (subject to hydrolysis) is 1. The SMILES string of the molecule is CC(C)(C)OC(=O)N[C@@H](CCS(=O)(=O)Cc1ccccc1)C(=O)OCc1cc(Cl)nc(Cl)c1. The Morgan fingerprint density at radius 2 is 1.67 bits per heavy atom. The molecule has 33 heavy (non-hydrogen) atoms. The molecule has 2 aromatic rings. The zero-order chi connectivity index (χ0) is 24.6. The smallest absolute Gasteiger partial charge is 0.408 e. The number of carbonyl (C=O) groups excluding carboxylic acids is 2. The number of carbonyl (C=O) groups is 2. The summed E-state index contributed by atoms with van der Waals surface area (Å²) in [5.41, 5.74) is 0.312. The van der Waals surface area contributed by atoms with Crippen molar-refractivity contribution >= 4 is 45.1 Å². The molecule has 0 aliphatic carbocycles. The molecular weight excluding hydrogens is 491 g/mol. The van der Waals surface area contributed by atoms with Gasteiger partial charge in [0.1, 0.15) is 28.6 Å². The van der Waals surface area contributed by atoms with Gasteiger partial charge >= 0.3 is 12.1 Å². The third kappa shape index (κ3) is 10.4. The number of halogens is 2. The van der Waals surface area contributed by atoms with Crippen molar-refractivity contribution in [2.75, 3.05) is 5.75 Å². The maximum absolute atomic E-state index is 12.7. The van der Waals surface area contributed by atoms with Gasteiger partial charge in [0.2, 0.25) is 0 Å². The van der Waals surface area contributed by atoms with Crippen LogP contribution in [0.25, 0.3) is 0 Å². The summed E-state index contributed by atoms with van der Waals surface area (Å²) >= 11 is 11.7. The van der Waals surface area contributed by atoms with Crippen molar-refractivity contribution in [3.8, 4) is 0 Å². The molecule has 0 fully saturated rings. The zero-order valence-corrected chi connectivity index (χ0v) is 20.8. The minimum atomic E-state index is -3.56. The second-order valence-electron chi connectivity index (χ2n) is 8.29. The van der Waals surface area contributed by atoms with Gasteiger partial charge in [-0.05, 0) is 50.5 Å². The number of nitrogens with zero attached hydrogens (tertiary/aromatic N) is 1. The van der Waals surface area contributed by atoms with E-state index >= 15 is 0 Å². The van der Waals surface area contributed by atoms with E-state index in [1.54, 1.807) is 51.1 Å². The monoisotopic (exact) mass is 516 g/mol. The number of hydrogen-bond donors (Lipinski definition) is 1. The van der Waals surface area contributed by atoms with Gasteiger partial charge in [0, 0.05) is 0 Å². The van der Waals surface area contributed by atoms with E-state index in [0.717, 1.165) is 0 Å². The van der Waals surface area contributed by atoms with E-state index in [1.165, 1.54) is 12.1 Å². The van der Waals surface area contributed by atoms with Crippen LogP contribution < -0.4 is 5.32 Å². The van der Waals surface area contributed by atoms with E-state index in [9.17, 15) is 18.0 Å². The van der Waals surface area contributed by atoms with Gasteiger partial charge in [0.05, 0.1) is 11.5 Å². The molecule has 1 aromatic carbocycles. The van der Waals surface area contributed by atoms with Crippen molar-refractivity contribution in [3.05, 3.63) is 63.9 Å². The van der Waals surface area contributed by atoms with Crippen molar-refractivity contribution in [1.29, 1.82) is 0 Å². The minimum Gasteiger partial charge on any atom is -0.459 e. The number of ether oxygens (including phenoxy) is 2. The molecule has 1 aromatic heterocycles. The van der Waals surface area contributed by atoms with Crippen LogP contribution in [-0.4, -0.2) is 42.9 Å². The van der Waals surface area contributed by atoms with Gasteiger partial charge in [0.25, 0.3) is 0 Å². The van der Waals surface area contributed by atoms with Crippen LogP contribution in [0.5, 0.6) is 0 Å². The first-order valence-electron chi connectivity index (χ1n) is 10.1. The van der Waals surface area contributed by atoms with Gasteiger partial charge in [-0.25, -0.2) is 23.0 Å². The second kappa shape index (κ2) is 11.7. The Morgan fingerprint density at radius 1 is 1.06 bits per heavy atom. The first kappa shape index (κ1) is 26.9. The summed E-state index contributed by atoms with van der Waals surface area (Å²) < 4.78 is 35.6. The van der Waals surface area contributed by atoms with Gasteiger partial charge in [-0.2, -0.15) is 0 Å². The van der Waals surface area contributed by atoms with E-state index < -0.39 is 33.5 Å². The quantitative estimate of drug-likeness (QED) is 0.389. The van der Waals surface area contributed by atoms with Crippen LogP contribution in [0.1, 0.15) is 38.3 Å². The molecule has 180 valence electrons. The lowest BCUT2D eigenvalue weighted by molar-refractivity contribution is -0.147. The zero-order valence-electron chi connectivity index (χ0n) is 18.5. The van der Waals surface area contributed by atoms with Crippen molar-refractivity contribution < 1.29 is 27.5 Å².